The fourth-order valence-corrected chi connectivity index (χ4v) is 2.56. The Labute approximate surface area is 103 Å². The Morgan fingerprint density at radius 2 is 1.93 bits per heavy atom. The van der Waals surface area contributed by atoms with Crippen molar-refractivity contribution in [2.75, 3.05) is 0 Å². The van der Waals surface area contributed by atoms with Gasteiger partial charge in [0.1, 0.15) is 6.04 Å². The summed E-state index contributed by atoms with van der Waals surface area (Å²) in [5.41, 5.74) is 5.65. The number of thiol groups is 1. The SMILES string of the molecule is CC(S)(C1CCCCC1)C(N)C(=O)O.Cl. The van der Waals surface area contributed by atoms with Gasteiger partial charge in [-0.3, -0.25) is 4.79 Å². The first-order chi connectivity index (χ1) is 6.46. The number of aliphatic carboxylic acids is 1. The Balaban J connectivity index is 0.00000196. The van der Waals surface area contributed by atoms with E-state index < -0.39 is 16.8 Å². The molecular formula is C10H20ClNO2S. The number of carboxylic acids is 1. The molecule has 0 aromatic rings. The zero-order valence-corrected chi connectivity index (χ0v) is 10.7. The van der Waals surface area contributed by atoms with Crippen LogP contribution in [0, 0.1) is 5.92 Å². The molecule has 3 nitrogen and oxygen atoms in total. The van der Waals surface area contributed by atoms with E-state index in [0.29, 0.717) is 5.92 Å². The minimum absolute atomic E-state index is 0. The molecule has 0 heterocycles. The fourth-order valence-electron chi connectivity index (χ4n) is 2.19. The van der Waals surface area contributed by atoms with Gasteiger partial charge in [0.15, 0.2) is 0 Å². The van der Waals surface area contributed by atoms with E-state index in [4.69, 9.17) is 10.8 Å². The Hall–Kier alpha value is 0.0700. The molecule has 1 aliphatic carbocycles. The Morgan fingerprint density at radius 1 is 1.47 bits per heavy atom. The van der Waals surface area contributed by atoms with E-state index in [0.717, 1.165) is 12.8 Å². The lowest BCUT2D eigenvalue weighted by atomic mass is 9.77. The van der Waals surface area contributed by atoms with Crippen LogP contribution >= 0.6 is 25.0 Å². The average Bonchev–Trinajstić information content (AvgIpc) is 2.18. The number of rotatable bonds is 3. The highest BCUT2D eigenvalue weighted by molar-refractivity contribution is 7.81. The number of carbonyl (C=O) groups is 1. The smallest absolute Gasteiger partial charge is 0.321 e. The summed E-state index contributed by atoms with van der Waals surface area (Å²) >= 11 is 4.46. The molecule has 2 unspecified atom stereocenters. The standard InChI is InChI=1S/C10H19NO2S.ClH/c1-10(14,8(11)9(12)13)7-5-3-2-4-6-7;/h7-8,14H,2-6,11H2,1H3,(H,12,13);1H. The van der Waals surface area contributed by atoms with E-state index in [2.05, 4.69) is 12.6 Å². The molecule has 3 N–H and O–H groups in total. The van der Waals surface area contributed by atoms with Crippen molar-refractivity contribution in [2.24, 2.45) is 11.7 Å². The van der Waals surface area contributed by atoms with Gasteiger partial charge in [-0.2, -0.15) is 12.6 Å². The Morgan fingerprint density at radius 3 is 2.33 bits per heavy atom. The lowest BCUT2D eigenvalue weighted by molar-refractivity contribution is -0.139. The third kappa shape index (κ3) is 3.54. The van der Waals surface area contributed by atoms with E-state index in [9.17, 15) is 4.79 Å². The summed E-state index contributed by atoms with van der Waals surface area (Å²) in [5.74, 6) is -0.612. The summed E-state index contributed by atoms with van der Waals surface area (Å²) in [6, 6.07) is -0.867. The maximum absolute atomic E-state index is 10.8. The lowest BCUT2D eigenvalue weighted by Crippen LogP contribution is -2.52. The first-order valence-corrected chi connectivity index (χ1v) is 5.61. The number of halogens is 1. The van der Waals surface area contributed by atoms with Gasteiger partial charge in [-0.05, 0) is 25.7 Å². The molecule has 1 rings (SSSR count). The van der Waals surface area contributed by atoms with Gasteiger partial charge in [-0.25, -0.2) is 0 Å². The van der Waals surface area contributed by atoms with Crippen LogP contribution in [0.3, 0.4) is 0 Å². The van der Waals surface area contributed by atoms with Crippen LogP contribution in [-0.4, -0.2) is 21.9 Å². The van der Waals surface area contributed by atoms with Crippen molar-refractivity contribution in [3.63, 3.8) is 0 Å². The summed E-state index contributed by atoms with van der Waals surface area (Å²) in [6.07, 6.45) is 5.71. The number of hydrogen-bond acceptors (Lipinski definition) is 3. The highest BCUT2D eigenvalue weighted by atomic mass is 35.5. The molecule has 2 atom stereocenters. The van der Waals surface area contributed by atoms with Gasteiger partial charge in [0.05, 0.1) is 0 Å². The minimum atomic E-state index is -0.951. The zero-order chi connectivity index (χ0) is 10.8. The largest absolute Gasteiger partial charge is 0.480 e. The van der Waals surface area contributed by atoms with Crippen LogP contribution in [-0.2, 0) is 4.79 Å². The topological polar surface area (TPSA) is 63.3 Å². The molecule has 0 radical (unpaired) electrons. The zero-order valence-electron chi connectivity index (χ0n) is 8.98. The van der Waals surface area contributed by atoms with Crippen molar-refractivity contribution in [3.8, 4) is 0 Å². The van der Waals surface area contributed by atoms with Crippen LogP contribution in [0.5, 0.6) is 0 Å². The van der Waals surface area contributed by atoms with Gasteiger partial charge >= 0.3 is 5.97 Å². The number of nitrogens with two attached hydrogens (primary N) is 1. The van der Waals surface area contributed by atoms with Crippen molar-refractivity contribution >= 4 is 31.0 Å². The normalized spacial score (nSPS) is 23.7. The molecule has 1 fully saturated rings. The number of carboxylic acid groups (broad SMARTS) is 1. The highest BCUT2D eigenvalue weighted by Crippen LogP contribution is 2.38. The molecular weight excluding hydrogens is 234 g/mol. The summed E-state index contributed by atoms with van der Waals surface area (Å²) in [4.78, 5) is 10.8. The molecule has 0 amide bonds. The second-order valence-electron chi connectivity index (χ2n) is 4.38. The van der Waals surface area contributed by atoms with E-state index >= 15 is 0 Å². The predicted octanol–water partition coefficient (Wildman–Crippen LogP) is 2.09. The molecule has 0 aromatic heterocycles. The first-order valence-electron chi connectivity index (χ1n) is 5.17. The third-order valence-electron chi connectivity index (χ3n) is 3.33. The van der Waals surface area contributed by atoms with Crippen molar-refractivity contribution in [3.05, 3.63) is 0 Å². The van der Waals surface area contributed by atoms with Gasteiger partial charge in [0.25, 0.3) is 0 Å². The van der Waals surface area contributed by atoms with Gasteiger partial charge in [-0.1, -0.05) is 19.3 Å². The van der Waals surface area contributed by atoms with Crippen LogP contribution < -0.4 is 5.73 Å². The Bertz CT molecular complexity index is 217. The van der Waals surface area contributed by atoms with Crippen LogP contribution in [0.4, 0.5) is 0 Å². The molecule has 0 aromatic carbocycles. The van der Waals surface area contributed by atoms with Gasteiger partial charge in [-0.15, -0.1) is 12.4 Å². The first kappa shape index (κ1) is 15.1. The minimum Gasteiger partial charge on any atom is -0.480 e. The molecule has 0 saturated heterocycles. The van der Waals surface area contributed by atoms with Gasteiger partial charge in [0, 0.05) is 4.75 Å². The third-order valence-corrected chi connectivity index (χ3v) is 3.97. The monoisotopic (exact) mass is 253 g/mol. The van der Waals surface area contributed by atoms with Crippen molar-refractivity contribution < 1.29 is 9.90 Å². The molecule has 0 aliphatic heterocycles. The van der Waals surface area contributed by atoms with E-state index in [1.807, 2.05) is 6.92 Å². The molecule has 90 valence electrons. The molecule has 15 heavy (non-hydrogen) atoms. The van der Waals surface area contributed by atoms with Crippen LogP contribution in [0.2, 0.25) is 0 Å². The summed E-state index contributed by atoms with van der Waals surface area (Å²) in [7, 11) is 0. The van der Waals surface area contributed by atoms with E-state index in [1.54, 1.807) is 0 Å². The van der Waals surface area contributed by atoms with Gasteiger partial charge in [0.2, 0.25) is 0 Å². The average molecular weight is 254 g/mol. The van der Waals surface area contributed by atoms with Crippen molar-refractivity contribution in [2.45, 2.75) is 49.8 Å². The van der Waals surface area contributed by atoms with Crippen LogP contribution in [0.15, 0.2) is 0 Å². The van der Waals surface area contributed by atoms with Crippen molar-refractivity contribution in [1.82, 2.24) is 0 Å². The summed E-state index contributed by atoms with van der Waals surface area (Å²) in [6.45, 7) is 1.85. The molecule has 0 bridgehead atoms. The molecule has 0 spiro atoms. The van der Waals surface area contributed by atoms with Crippen molar-refractivity contribution in [1.29, 1.82) is 0 Å². The van der Waals surface area contributed by atoms with E-state index in [-0.39, 0.29) is 12.4 Å². The summed E-state index contributed by atoms with van der Waals surface area (Å²) < 4.78 is -0.577. The van der Waals surface area contributed by atoms with E-state index in [1.165, 1.54) is 19.3 Å². The fraction of sp³-hybridized carbons (Fsp3) is 0.900. The molecule has 1 saturated carbocycles. The quantitative estimate of drug-likeness (QED) is 0.675. The maximum atomic E-state index is 10.8. The lowest BCUT2D eigenvalue weighted by Gasteiger charge is -2.38. The summed E-state index contributed by atoms with van der Waals surface area (Å²) in [5, 5.41) is 8.87. The predicted molar refractivity (Wildman–Crippen MR) is 66.8 cm³/mol. The van der Waals surface area contributed by atoms with Gasteiger partial charge < -0.3 is 10.8 Å². The van der Waals surface area contributed by atoms with Crippen LogP contribution in [0.1, 0.15) is 39.0 Å². The van der Waals surface area contributed by atoms with Crippen LogP contribution in [0.25, 0.3) is 0 Å². The maximum Gasteiger partial charge on any atom is 0.321 e. The second kappa shape index (κ2) is 5.97. The molecule has 5 heteroatoms. The highest BCUT2D eigenvalue weighted by Gasteiger charge is 2.40. The number of hydrogen-bond donors (Lipinski definition) is 3. The Kier molecular flexibility index (Phi) is 5.99. The second-order valence-corrected chi connectivity index (χ2v) is 5.34. The molecule has 1 aliphatic rings.